The van der Waals surface area contributed by atoms with E-state index in [2.05, 4.69) is 5.32 Å². The van der Waals surface area contributed by atoms with Crippen LogP contribution in [-0.4, -0.2) is 42.1 Å². The quantitative estimate of drug-likeness (QED) is 0.0717. The molecule has 2 unspecified atom stereocenters. The molecule has 4 aromatic carbocycles. The number of hydrogen-bond donors (Lipinski definition) is 2. The van der Waals surface area contributed by atoms with Gasteiger partial charge >= 0.3 is 12.1 Å². The van der Waals surface area contributed by atoms with Gasteiger partial charge < -0.3 is 19.7 Å². The Morgan fingerprint density at radius 1 is 0.750 bits per heavy atom. The predicted octanol–water partition coefficient (Wildman–Crippen LogP) is 7.09. The van der Waals surface area contributed by atoms with Crippen LogP contribution in [0.4, 0.5) is 4.79 Å². The number of carbonyl (C=O) groups is 3. The lowest BCUT2D eigenvalue weighted by atomic mass is 9.98. The first-order chi connectivity index (χ1) is 21.3. The van der Waals surface area contributed by atoms with Crippen molar-refractivity contribution in [2.45, 2.75) is 31.0 Å². The van der Waals surface area contributed by atoms with E-state index >= 15 is 0 Å². The van der Waals surface area contributed by atoms with E-state index < -0.39 is 25.2 Å². The van der Waals surface area contributed by atoms with E-state index in [-0.39, 0.29) is 50.3 Å². The molecule has 1 aliphatic rings. The van der Waals surface area contributed by atoms with Crippen molar-refractivity contribution < 1.29 is 33.3 Å². The lowest BCUT2D eigenvalue weighted by Gasteiger charge is -2.25. The van der Waals surface area contributed by atoms with Gasteiger partial charge in [-0.1, -0.05) is 109 Å². The third-order valence-corrected chi connectivity index (χ3v) is 9.88. The molecular weight excluding hydrogens is 577 g/mol. The van der Waals surface area contributed by atoms with Gasteiger partial charge in [-0.2, -0.15) is 0 Å². The summed E-state index contributed by atoms with van der Waals surface area (Å²) in [4.78, 5) is 48.5. The Labute approximate surface area is 256 Å². The van der Waals surface area contributed by atoms with E-state index in [0.717, 1.165) is 22.3 Å². The molecule has 2 atom stereocenters. The highest BCUT2D eigenvalue weighted by Gasteiger charge is 2.35. The highest BCUT2D eigenvalue weighted by molar-refractivity contribution is 7.58. The van der Waals surface area contributed by atoms with Crippen LogP contribution in [0.2, 0.25) is 0 Å². The molecule has 1 amide bonds. The third-order valence-electron chi connectivity index (χ3n) is 7.69. The molecule has 2 N–H and O–H groups in total. The second-order valence-corrected chi connectivity index (χ2v) is 13.1. The number of ketones is 1. The van der Waals surface area contributed by atoms with Crippen LogP contribution in [0.5, 0.6) is 0 Å². The van der Waals surface area contributed by atoms with Gasteiger partial charge in [0.05, 0.1) is 0 Å². The Balaban J connectivity index is 1.15. The SMILES string of the molecule is O=C(CCCCP(=O)(O)C(NC(=O)OCC1c2ccccc2-c2ccccc21)c1ccccc1)OCC(=O)c1ccccc1. The number of Topliss-reactive ketones (excluding diaryl/α,β-unsaturated/α-hetero) is 1. The van der Waals surface area contributed by atoms with Crippen LogP contribution < -0.4 is 5.32 Å². The van der Waals surface area contributed by atoms with Crippen LogP contribution in [0.1, 0.15) is 58.0 Å². The second-order valence-electron chi connectivity index (χ2n) is 10.7. The summed E-state index contributed by atoms with van der Waals surface area (Å²) in [5.41, 5.74) is 5.27. The largest absolute Gasteiger partial charge is 0.457 e. The monoisotopic (exact) mass is 611 g/mol. The molecule has 0 bridgehead atoms. The summed E-state index contributed by atoms with van der Waals surface area (Å²) in [7, 11) is -3.98. The molecule has 44 heavy (non-hydrogen) atoms. The number of nitrogens with one attached hydrogen (secondary N) is 1. The van der Waals surface area contributed by atoms with Gasteiger partial charge in [-0.25, -0.2) is 4.79 Å². The number of benzene rings is 4. The fourth-order valence-corrected chi connectivity index (χ4v) is 7.35. The van der Waals surface area contributed by atoms with Crippen LogP contribution >= 0.6 is 7.37 Å². The van der Waals surface area contributed by atoms with Crippen LogP contribution in [-0.2, 0) is 18.8 Å². The number of amides is 1. The van der Waals surface area contributed by atoms with Crippen molar-refractivity contribution in [3.8, 4) is 11.1 Å². The van der Waals surface area contributed by atoms with E-state index in [1.807, 2.05) is 48.5 Å². The van der Waals surface area contributed by atoms with Crippen molar-refractivity contribution in [1.82, 2.24) is 5.32 Å². The minimum absolute atomic E-state index is 0.00210. The molecule has 9 heteroatoms. The minimum Gasteiger partial charge on any atom is -0.457 e. The number of esters is 1. The fourth-order valence-electron chi connectivity index (χ4n) is 5.47. The highest BCUT2D eigenvalue weighted by atomic mass is 31.2. The molecule has 0 radical (unpaired) electrons. The van der Waals surface area contributed by atoms with Gasteiger partial charge in [0.15, 0.2) is 12.4 Å². The average Bonchev–Trinajstić information content (AvgIpc) is 3.37. The number of ether oxygens (including phenoxy) is 2. The standard InChI is InChI=1S/C35H34NO7P/c37-32(25-13-3-1-4-14-25)24-42-33(38)21-11-12-22-44(40,41)34(26-15-5-2-6-16-26)36-35(39)43-23-31-29-19-9-7-17-27(29)28-18-8-10-20-30(28)31/h1-10,13-20,31,34H,11-12,21-24H2,(H,36,39)(H,40,41). The summed E-state index contributed by atoms with van der Waals surface area (Å²) in [6.07, 6.45) is -0.396. The Hall–Kier alpha value is -4.52. The van der Waals surface area contributed by atoms with Gasteiger partial charge in [-0.3, -0.25) is 14.2 Å². The molecule has 5 rings (SSSR count). The Kier molecular flexibility index (Phi) is 10.1. The van der Waals surface area contributed by atoms with Gasteiger partial charge in [-0.05, 0) is 40.7 Å². The normalized spacial score (nSPS) is 14.0. The molecule has 226 valence electrons. The van der Waals surface area contributed by atoms with Crippen LogP contribution in [0.25, 0.3) is 11.1 Å². The lowest BCUT2D eigenvalue weighted by molar-refractivity contribution is -0.142. The fraction of sp³-hybridized carbons (Fsp3) is 0.229. The van der Waals surface area contributed by atoms with Crippen molar-refractivity contribution in [3.63, 3.8) is 0 Å². The van der Waals surface area contributed by atoms with Crippen molar-refractivity contribution in [1.29, 1.82) is 0 Å². The van der Waals surface area contributed by atoms with Crippen molar-refractivity contribution in [2.75, 3.05) is 19.4 Å². The maximum absolute atomic E-state index is 13.6. The molecule has 0 heterocycles. The van der Waals surface area contributed by atoms with Gasteiger partial charge in [0.25, 0.3) is 0 Å². The number of hydrogen-bond acceptors (Lipinski definition) is 6. The van der Waals surface area contributed by atoms with Crippen molar-refractivity contribution >= 4 is 25.2 Å². The van der Waals surface area contributed by atoms with Gasteiger partial charge in [0.2, 0.25) is 7.37 Å². The molecular formula is C35H34NO7P. The van der Waals surface area contributed by atoms with Gasteiger partial charge in [0, 0.05) is 24.1 Å². The Bertz CT molecular complexity index is 1610. The smallest absolute Gasteiger partial charge is 0.408 e. The molecule has 0 aliphatic heterocycles. The maximum atomic E-state index is 13.6. The molecule has 0 aromatic heterocycles. The molecule has 4 aromatic rings. The van der Waals surface area contributed by atoms with E-state index in [4.69, 9.17) is 9.47 Å². The number of unbranched alkanes of at least 4 members (excludes halogenated alkanes) is 1. The molecule has 0 saturated carbocycles. The summed E-state index contributed by atoms with van der Waals surface area (Å²) in [6.45, 7) is -0.284. The Morgan fingerprint density at radius 3 is 1.95 bits per heavy atom. The zero-order valence-corrected chi connectivity index (χ0v) is 25.0. The zero-order chi connectivity index (χ0) is 30.9. The Morgan fingerprint density at radius 2 is 1.32 bits per heavy atom. The van der Waals surface area contributed by atoms with Crippen LogP contribution in [0.3, 0.4) is 0 Å². The van der Waals surface area contributed by atoms with Crippen LogP contribution in [0, 0.1) is 0 Å². The summed E-state index contributed by atoms with van der Waals surface area (Å²) in [6, 6.07) is 33.1. The molecule has 8 nitrogen and oxygen atoms in total. The van der Waals surface area contributed by atoms with Crippen molar-refractivity contribution in [2.24, 2.45) is 0 Å². The van der Waals surface area contributed by atoms with E-state index in [1.54, 1.807) is 60.7 Å². The second kappa shape index (κ2) is 14.3. The van der Waals surface area contributed by atoms with E-state index in [0.29, 0.717) is 11.1 Å². The topological polar surface area (TPSA) is 119 Å². The van der Waals surface area contributed by atoms with Crippen LogP contribution in [0.15, 0.2) is 109 Å². The summed E-state index contributed by atoms with van der Waals surface area (Å²) in [5.74, 6) is -2.19. The molecule has 0 spiro atoms. The summed E-state index contributed by atoms with van der Waals surface area (Å²) < 4.78 is 24.3. The molecule has 1 aliphatic carbocycles. The van der Waals surface area contributed by atoms with E-state index in [1.165, 1.54) is 0 Å². The lowest BCUT2D eigenvalue weighted by Crippen LogP contribution is -2.31. The first-order valence-corrected chi connectivity index (χ1v) is 16.5. The number of rotatable bonds is 13. The predicted molar refractivity (Wildman–Crippen MR) is 168 cm³/mol. The molecule has 0 saturated heterocycles. The maximum Gasteiger partial charge on any atom is 0.408 e. The summed E-state index contributed by atoms with van der Waals surface area (Å²) in [5, 5.41) is 2.64. The van der Waals surface area contributed by atoms with Gasteiger partial charge in [0.1, 0.15) is 12.4 Å². The first kappa shape index (κ1) is 30.9. The summed E-state index contributed by atoms with van der Waals surface area (Å²) >= 11 is 0. The minimum atomic E-state index is -3.98. The van der Waals surface area contributed by atoms with Gasteiger partial charge in [-0.15, -0.1) is 0 Å². The zero-order valence-electron chi connectivity index (χ0n) is 24.1. The average molecular weight is 612 g/mol. The first-order valence-electron chi connectivity index (χ1n) is 14.6. The number of alkyl carbamates (subject to hydrolysis) is 1. The number of fused-ring (bicyclic) bond motifs is 3. The third kappa shape index (κ3) is 7.51. The van der Waals surface area contributed by atoms with Crippen molar-refractivity contribution in [3.05, 3.63) is 131 Å². The number of carbonyl (C=O) groups excluding carboxylic acids is 3. The highest BCUT2D eigenvalue weighted by Crippen LogP contribution is 2.54. The molecule has 0 fully saturated rings. The van der Waals surface area contributed by atoms with E-state index in [9.17, 15) is 23.8 Å².